The summed E-state index contributed by atoms with van der Waals surface area (Å²) in [5.74, 6) is -10.0. The molecule has 1 aromatic heterocycles. The number of fused-ring (bicyclic) bond motifs is 1. The SMILES string of the molecule is CCC(=O)O[C@@H]1[C@@H]2/C=C(/COC(C)=O)[C@@H](OC(=O)C(C)C)[C@@H](OC(C)=O)[C@@H](OC(=O)c3cccnc3)C(C)(C)/C=C/[C@@H](C)C(=O)[C@@]2(OC(C)=O)C[C@@]1(C)OC(C)=O. The fraction of sp³-hybridized carbons (Fsp3) is 0.585. The summed E-state index contributed by atoms with van der Waals surface area (Å²) >= 11 is 0. The molecule has 0 radical (unpaired) electrons. The van der Waals surface area contributed by atoms with Crippen molar-refractivity contribution in [3.05, 3.63) is 53.9 Å². The van der Waals surface area contributed by atoms with E-state index in [9.17, 15) is 38.4 Å². The zero-order chi connectivity index (χ0) is 43.0. The van der Waals surface area contributed by atoms with E-state index >= 15 is 0 Å². The molecule has 0 spiro atoms. The standard InChI is InChI=1S/C41H53NO15/c1-12-31(47)53-35-30-18-29(20-51-24(5)43)32(54-37(49)22(2)3)33(52-25(6)44)36(55-38(50)28-14-13-17-42-19-28)39(9,10)16-15-23(4)34(48)41(30,57-27(8)46)21-40(35,11)56-26(7)45/h13-19,22-23,30,32-33,35-36H,12,20-21H2,1-11H3/b16-15+,29-18-/t23-,30+,32-,33-,35-,36-,40-,41-/m1/s1. The van der Waals surface area contributed by atoms with Gasteiger partial charge in [0.1, 0.15) is 6.61 Å². The highest BCUT2D eigenvalue weighted by atomic mass is 16.6. The van der Waals surface area contributed by atoms with Crippen LogP contribution in [0.4, 0.5) is 0 Å². The Balaban J connectivity index is 2.61. The molecule has 16 nitrogen and oxygen atoms in total. The molecule has 312 valence electrons. The number of ketones is 1. The van der Waals surface area contributed by atoms with E-state index in [2.05, 4.69) is 4.98 Å². The number of pyridine rings is 1. The number of Topliss-reactive ketones (excluding diaryl/α,β-unsaturated/α-hetero) is 1. The fourth-order valence-corrected chi connectivity index (χ4v) is 7.09. The lowest BCUT2D eigenvalue weighted by Crippen LogP contribution is -2.54. The van der Waals surface area contributed by atoms with Gasteiger partial charge in [-0.1, -0.05) is 59.8 Å². The molecule has 2 aliphatic rings. The number of carbonyl (C=O) groups is 8. The van der Waals surface area contributed by atoms with E-state index in [4.69, 9.17) is 33.2 Å². The van der Waals surface area contributed by atoms with E-state index < -0.39 is 119 Å². The molecule has 0 N–H and O–H groups in total. The number of aromatic nitrogens is 1. The molecule has 1 aromatic rings. The van der Waals surface area contributed by atoms with Crippen molar-refractivity contribution < 1.29 is 71.5 Å². The maximum Gasteiger partial charge on any atom is 0.340 e. The van der Waals surface area contributed by atoms with Crippen LogP contribution in [-0.4, -0.2) is 94.8 Å². The van der Waals surface area contributed by atoms with Crippen LogP contribution in [0.3, 0.4) is 0 Å². The van der Waals surface area contributed by atoms with Crippen molar-refractivity contribution >= 4 is 47.6 Å². The van der Waals surface area contributed by atoms with Gasteiger partial charge in [-0.05, 0) is 19.1 Å². The van der Waals surface area contributed by atoms with Crippen LogP contribution in [-0.2, 0) is 66.7 Å². The number of nitrogens with zero attached hydrogens (tertiary/aromatic N) is 1. The Morgan fingerprint density at radius 3 is 2.04 bits per heavy atom. The van der Waals surface area contributed by atoms with Crippen molar-refractivity contribution in [2.75, 3.05) is 6.61 Å². The first-order valence-corrected chi connectivity index (χ1v) is 18.6. The molecule has 0 bridgehead atoms. The summed E-state index contributed by atoms with van der Waals surface area (Å²) in [7, 11) is 0. The summed E-state index contributed by atoms with van der Waals surface area (Å²) in [6.07, 6.45) is -0.144. The smallest absolute Gasteiger partial charge is 0.340 e. The molecule has 0 saturated heterocycles. The number of ether oxygens (including phenoxy) is 7. The molecule has 0 aliphatic heterocycles. The Morgan fingerprint density at radius 2 is 1.51 bits per heavy atom. The van der Waals surface area contributed by atoms with Gasteiger partial charge < -0.3 is 33.2 Å². The first-order chi connectivity index (χ1) is 26.5. The summed E-state index contributed by atoms with van der Waals surface area (Å²) in [4.78, 5) is 111. The van der Waals surface area contributed by atoms with Gasteiger partial charge in [0, 0.05) is 69.8 Å². The maximum absolute atomic E-state index is 15.0. The molecule has 2 aliphatic carbocycles. The first-order valence-electron chi connectivity index (χ1n) is 18.6. The Hall–Kier alpha value is -5.41. The molecule has 0 unspecified atom stereocenters. The quantitative estimate of drug-likeness (QED) is 0.173. The van der Waals surface area contributed by atoms with Crippen LogP contribution < -0.4 is 0 Å². The van der Waals surface area contributed by atoms with Crippen molar-refractivity contribution in [2.45, 2.75) is 125 Å². The lowest BCUT2D eigenvalue weighted by atomic mass is 9.75. The lowest BCUT2D eigenvalue weighted by Gasteiger charge is -2.41. The summed E-state index contributed by atoms with van der Waals surface area (Å²) in [6.45, 7) is 14.5. The Bertz CT molecular complexity index is 1780. The van der Waals surface area contributed by atoms with Gasteiger partial charge in [-0.25, -0.2) is 4.79 Å². The van der Waals surface area contributed by atoms with E-state index in [1.807, 2.05) is 0 Å². The minimum atomic E-state index is -2.24. The van der Waals surface area contributed by atoms with Gasteiger partial charge in [-0.2, -0.15) is 0 Å². The molecule has 1 fully saturated rings. The maximum atomic E-state index is 15.0. The van der Waals surface area contributed by atoms with E-state index in [0.717, 1.165) is 27.7 Å². The zero-order valence-corrected chi connectivity index (χ0v) is 34.3. The lowest BCUT2D eigenvalue weighted by molar-refractivity contribution is -0.181. The van der Waals surface area contributed by atoms with Gasteiger partial charge in [0.2, 0.25) is 0 Å². The largest absolute Gasteiger partial charge is 0.461 e. The Morgan fingerprint density at radius 1 is 0.860 bits per heavy atom. The van der Waals surface area contributed by atoms with Crippen LogP contribution in [0.1, 0.15) is 99.4 Å². The number of esters is 7. The monoisotopic (exact) mass is 799 g/mol. The first kappa shape index (κ1) is 46.0. The van der Waals surface area contributed by atoms with Crippen molar-refractivity contribution in [3.8, 4) is 0 Å². The van der Waals surface area contributed by atoms with Crippen LogP contribution in [0, 0.1) is 23.2 Å². The molecular formula is C41H53NO15. The van der Waals surface area contributed by atoms with Gasteiger partial charge in [0.15, 0.2) is 41.4 Å². The van der Waals surface area contributed by atoms with Crippen molar-refractivity contribution in [1.29, 1.82) is 0 Å². The van der Waals surface area contributed by atoms with E-state index in [-0.39, 0.29) is 17.6 Å². The summed E-state index contributed by atoms with van der Waals surface area (Å²) in [6, 6.07) is 2.96. The molecule has 16 heteroatoms. The van der Waals surface area contributed by atoms with Crippen molar-refractivity contribution in [1.82, 2.24) is 4.98 Å². The third kappa shape index (κ3) is 11.1. The van der Waals surface area contributed by atoms with Gasteiger partial charge >= 0.3 is 41.8 Å². The second-order valence-electron chi connectivity index (χ2n) is 15.4. The van der Waals surface area contributed by atoms with Crippen LogP contribution in [0.2, 0.25) is 0 Å². The minimum Gasteiger partial charge on any atom is -0.461 e. The number of carbonyl (C=O) groups excluding carboxylic acids is 8. The van der Waals surface area contributed by atoms with Crippen LogP contribution >= 0.6 is 0 Å². The molecule has 0 aromatic carbocycles. The fourth-order valence-electron chi connectivity index (χ4n) is 7.09. The Kier molecular flexibility index (Phi) is 15.1. The number of allylic oxidation sites excluding steroid dienone is 1. The predicted molar refractivity (Wildman–Crippen MR) is 198 cm³/mol. The number of hydrogen-bond acceptors (Lipinski definition) is 16. The molecule has 1 saturated carbocycles. The zero-order valence-electron chi connectivity index (χ0n) is 34.3. The topological polar surface area (TPSA) is 214 Å². The summed E-state index contributed by atoms with van der Waals surface area (Å²) in [5, 5.41) is 0. The number of hydrogen-bond donors (Lipinski definition) is 0. The van der Waals surface area contributed by atoms with Crippen molar-refractivity contribution in [2.24, 2.45) is 23.2 Å². The molecule has 1 heterocycles. The van der Waals surface area contributed by atoms with Crippen LogP contribution in [0.25, 0.3) is 0 Å². The van der Waals surface area contributed by atoms with Gasteiger partial charge in [0.25, 0.3) is 0 Å². The molecule has 8 atom stereocenters. The minimum absolute atomic E-state index is 0.0300. The average molecular weight is 800 g/mol. The van der Waals surface area contributed by atoms with E-state index in [1.165, 1.54) is 77.4 Å². The highest BCUT2D eigenvalue weighted by Crippen LogP contribution is 2.52. The van der Waals surface area contributed by atoms with Gasteiger partial charge in [-0.3, -0.25) is 38.5 Å². The van der Waals surface area contributed by atoms with E-state index in [0.29, 0.717) is 0 Å². The second kappa shape index (κ2) is 18.7. The summed E-state index contributed by atoms with van der Waals surface area (Å²) < 4.78 is 41.3. The average Bonchev–Trinajstić information content (AvgIpc) is 3.33. The molecule has 3 rings (SSSR count). The number of rotatable bonds is 11. The van der Waals surface area contributed by atoms with E-state index in [1.54, 1.807) is 13.8 Å². The molecule has 57 heavy (non-hydrogen) atoms. The van der Waals surface area contributed by atoms with Gasteiger partial charge in [0.05, 0.1) is 17.4 Å². The van der Waals surface area contributed by atoms with Crippen molar-refractivity contribution in [3.63, 3.8) is 0 Å². The normalized spacial score (nSPS) is 29.8. The van der Waals surface area contributed by atoms with Gasteiger partial charge in [-0.15, -0.1) is 0 Å². The highest BCUT2D eigenvalue weighted by Gasteiger charge is 2.68. The third-order valence-corrected chi connectivity index (χ3v) is 9.65. The Labute approximate surface area is 331 Å². The van der Waals surface area contributed by atoms with Crippen LogP contribution in [0.15, 0.2) is 48.3 Å². The second-order valence-corrected chi connectivity index (χ2v) is 15.4. The summed E-state index contributed by atoms with van der Waals surface area (Å²) in [5.41, 5.74) is -5.53. The van der Waals surface area contributed by atoms with Crippen LogP contribution in [0.5, 0.6) is 0 Å². The molecular weight excluding hydrogens is 746 g/mol. The molecule has 0 amide bonds. The highest BCUT2D eigenvalue weighted by molar-refractivity contribution is 5.94. The predicted octanol–water partition coefficient (Wildman–Crippen LogP) is 4.36. The third-order valence-electron chi connectivity index (χ3n) is 9.65.